The number of benzene rings is 2. The van der Waals surface area contributed by atoms with Gasteiger partial charge in [-0.3, -0.25) is 0 Å². The number of alkyl halides is 1. The molecule has 0 bridgehead atoms. The van der Waals surface area contributed by atoms with Gasteiger partial charge in [0.2, 0.25) is 0 Å². The molecule has 37 heavy (non-hydrogen) atoms. The summed E-state index contributed by atoms with van der Waals surface area (Å²) in [7, 11) is 0. The second-order valence-corrected chi connectivity index (χ2v) is 10.6. The third kappa shape index (κ3) is 7.21. The summed E-state index contributed by atoms with van der Waals surface area (Å²) in [5, 5.41) is 20.0. The summed E-state index contributed by atoms with van der Waals surface area (Å²) in [6.07, 6.45) is 9.54. The van der Waals surface area contributed by atoms with Crippen LogP contribution >= 0.6 is 11.6 Å². The molecule has 0 saturated heterocycles. The van der Waals surface area contributed by atoms with E-state index in [0.717, 1.165) is 46.6 Å². The molecule has 2 aromatic rings. The predicted molar refractivity (Wildman–Crippen MR) is 149 cm³/mol. The van der Waals surface area contributed by atoms with Crippen molar-refractivity contribution in [2.75, 3.05) is 32.3 Å². The highest BCUT2D eigenvalue weighted by Crippen LogP contribution is 2.47. The Hall–Kier alpha value is -2.23. The molecular weight excluding hydrogens is 488 g/mol. The molecule has 0 heterocycles. The van der Waals surface area contributed by atoms with Gasteiger partial charge in [0, 0.05) is 5.41 Å². The third-order valence-electron chi connectivity index (χ3n) is 7.25. The highest BCUT2D eigenvalue weighted by Gasteiger charge is 2.37. The minimum Gasteiger partial charge on any atom is -0.490 e. The SMILES string of the molecule is C#CCOC[C@H](O)COc1c(C)cc(C2(c3cc(C)c(OC[C@H](O)CCl)c(C)c3)CCCCC2)cc1C. The van der Waals surface area contributed by atoms with Crippen LogP contribution in [0.2, 0.25) is 0 Å². The number of rotatable bonds is 12. The number of ether oxygens (including phenoxy) is 3. The Morgan fingerprint density at radius 3 is 1.70 bits per heavy atom. The van der Waals surface area contributed by atoms with Gasteiger partial charge in [-0.05, 0) is 73.9 Å². The highest BCUT2D eigenvalue weighted by molar-refractivity contribution is 6.18. The molecule has 0 amide bonds. The molecule has 2 N–H and O–H groups in total. The lowest BCUT2D eigenvalue weighted by Gasteiger charge is -2.40. The predicted octanol–water partition coefficient (Wildman–Crippen LogP) is 5.54. The van der Waals surface area contributed by atoms with Crippen molar-refractivity contribution in [3.63, 3.8) is 0 Å². The Morgan fingerprint density at radius 2 is 1.27 bits per heavy atom. The van der Waals surface area contributed by atoms with Crippen LogP contribution in [0.4, 0.5) is 0 Å². The normalized spacial score (nSPS) is 16.6. The first-order valence-electron chi connectivity index (χ1n) is 13.1. The zero-order valence-electron chi connectivity index (χ0n) is 22.6. The van der Waals surface area contributed by atoms with Gasteiger partial charge >= 0.3 is 0 Å². The van der Waals surface area contributed by atoms with Crippen LogP contribution in [0, 0.1) is 40.0 Å². The van der Waals surface area contributed by atoms with Gasteiger partial charge in [0.05, 0.1) is 12.5 Å². The fourth-order valence-corrected chi connectivity index (χ4v) is 5.60. The molecule has 2 atom stereocenters. The van der Waals surface area contributed by atoms with Crippen LogP contribution in [0.5, 0.6) is 11.5 Å². The average Bonchev–Trinajstić information content (AvgIpc) is 2.87. The lowest BCUT2D eigenvalue weighted by molar-refractivity contribution is 0.0226. The molecule has 6 heteroatoms. The van der Waals surface area contributed by atoms with Crippen molar-refractivity contribution < 1.29 is 24.4 Å². The van der Waals surface area contributed by atoms with E-state index >= 15 is 0 Å². The van der Waals surface area contributed by atoms with Gasteiger partial charge in [0.1, 0.15) is 43.5 Å². The highest BCUT2D eigenvalue weighted by atomic mass is 35.5. The maximum atomic E-state index is 10.2. The molecule has 0 spiro atoms. The van der Waals surface area contributed by atoms with Gasteiger partial charge in [-0.15, -0.1) is 18.0 Å². The van der Waals surface area contributed by atoms with Crippen molar-refractivity contribution in [3.05, 3.63) is 57.6 Å². The first-order chi connectivity index (χ1) is 17.7. The van der Waals surface area contributed by atoms with Gasteiger partial charge in [0.25, 0.3) is 0 Å². The Bertz CT molecular complexity index is 1040. The molecule has 5 nitrogen and oxygen atoms in total. The molecule has 0 unspecified atom stereocenters. The topological polar surface area (TPSA) is 68.2 Å². The van der Waals surface area contributed by atoms with Crippen LogP contribution in [-0.4, -0.2) is 54.7 Å². The van der Waals surface area contributed by atoms with E-state index in [1.165, 1.54) is 30.4 Å². The quantitative estimate of drug-likeness (QED) is 0.215. The van der Waals surface area contributed by atoms with Crippen LogP contribution in [0.3, 0.4) is 0 Å². The Labute approximate surface area is 227 Å². The Morgan fingerprint density at radius 1 is 0.811 bits per heavy atom. The minimum absolute atomic E-state index is 0.0847. The smallest absolute Gasteiger partial charge is 0.125 e. The summed E-state index contributed by atoms with van der Waals surface area (Å²) in [6, 6.07) is 9.01. The van der Waals surface area contributed by atoms with Gasteiger partial charge in [0.15, 0.2) is 0 Å². The number of terminal acetylenes is 1. The van der Waals surface area contributed by atoms with Crippen molar-refractivity contribution in [3.8, 4) is 23.8 Å². The number of aryl methyl sites for hydroxylation is 4. The number of hydrogen-bond acceptors (Lipinski definition) is 5. The molecule has 1 aliphatic rings. The lowest BCUT2D eigenvalue weighted by Crippen LogP contribution is -2.31. The van der Waals surface area contributed by atoms with Crippen molar-refractivity contribution >= 4 is 11.6 Å². The van der Waals surface area contributed by atoms with E-state index in [1.807, 2.05) is 0 Å². The van der Waals surface area contributed by atoms with E-state index in [1.54, 1.807) is 0 Å². The zero-order valence-corrected chi connectivity index (χ0v) is 23.4. The van der Waals surface area contributed by atoms with E-state index in [2.05, 4.69) is 57.9 Å². The summed E-state index contributed by atoms with van der Waals surface area (Å²) in [5.41, 5.74) is 6.77. The van der Waals surface area contributed by atoms with Crippen molar-refractivity contribution in [2.45, 2.75) is 77.4 Å². The van der Waals surface area contributed by atoms with E-state index in [9.17, 15) is 10.2 Å². The Kier molecular flexibility index (Phi) is 10.7. The van der Waals surface area contributed by atoms with Crippen molar-refractivity contribution in [1.29, 1.82) is 0 Å². The fraction of sp³-hybridized carbons (Fsp3) is 0.548. The summed E-state index contributed by atoms with van der Waals surface area (Å²) in [6.45, 7) is 8.93. The zero-order chi connectivity index (χ0) is 27.0. The van der Waals surface area contributed by atoms with Gasteiger partial charge in [-0.2, -0.15) is 0 Å². The molecule has 202 valence electrons. The second-order valence-electron chi connectivity index (χ2n) is 10.3. The van der Waals surface area contributed by atoms with Gasteiger partial charge in [-0.25, -0.2) is 0 Å². The number of aliphatic hydroxyl groups is 2. The maximum Gasteiger partial charge on any atom is 0.125 e. The largest absolute Gasteiger partial charge is 0.490 e. The van der Waals surface area contributed by atoms with Crippen molar-refractivity contribution in [1.82, 2.24) is 0 Å². The van der Waals surface area contributed by atoms with E-state index in [0.29, 0.717) is 0 Å². The fourth-order valence-electron chi connectivity index (χ4n) is 5.51. The summed E-state index contributed by atoms with van der Waals surface area (Å²) in [5.74, 6) is 4.17. The minimum atomic E-state index is -0.742. The average molecular weight is 529 g/mol. The molecule has 0 radical (unpaired) electrons. The van der Waals surface area contributed by atoms with E-state index < -0.39 is 12.2 Å². The summed E-state index contributed by atoms with van der Waals surface area (Å²) < 4.78 is 17.2. The molecular formula is C31H41ClO5. The molecule has 0 aliphatic heterocycles. The standard InChI is InChI=1S/C31H41ClO5/c1-6-12-35-18-28(34)20-37-30-23(4)15-26(16-24(30)5)31(10-8-7-9-11-31)25-13-21(2)29(22(3)14-25)36-19-27(33)17-32/h1,13-16,27-28,33-34H,7-12,17-20H2,2-5H3/t27-,28+/m1/s1. The van der Waals surface area contributed by atoms with Crippen LogP contribution in [0.25, 0.3) is 0 Å². The van der Waals surface area contributed by atoms with Crippen LogP contribution in [-0.2, 0) is 10.2 Å². The second kappa shape index (κ2) is 13.5. The number of halogens is 1. The van der Waals surface area contributed by atoms with Gasteiger partial charge in [-0.1, -0.05) is 49.4 Å². The summed E-state index contributed by atoms with van der Waals surface area (Å²) >= 11 is 5.74. The molecule has 1 saturated carbocycles. The maximum absolute atomic E-state index is 10.2. The van der Waals surface area contributed by atoms with Crippen molar-refractivity contribution in [2.24, 2.45) is 0 Å². The van der Waals surface area contributed by atoms with E-state index in [-0.39, 0.29) is 37.7 Å². The molecule has 1 aliphatic carbocycles. The number of hydrogen-bond donors (Lipinski definition) is 2. The molecule has 3 rings (SSSR count). The third-order valence-corrected chi connectivity index (χ3v) is 7.60. The Balaban J connectivity index is 1.90. The number of aliphatic hydroxyl groups excluding tert-OH is 2. The van der Waals surface area contributed by atoms with Crippen LogP contribution < -0.4 is 9.47 Å². The summed E-state index contributed by atoms with van der Waals surface area (Å²) in [4.78, 5) is 0. The van der Waals surface area contributed by atoms with Crippen LogP contribution in [0.15, 0.2) is 24.3 Å². The van der Waals surface area contributed by atoms with E-state index in [4.69, 9.17) is 32.2 Å². The lowest BCUT2D eigenvalue weighted by atomic mass is 9.64. The molecule has 0 aromatic heterocycles. The van der Waals surface area contributed by atoms with Crippen LogP contribution in [0.1, 0.15) is 65.5 Å². The molecule has 1 fully saturated rings. The monoisotopic (exact) mass is 528 g/mol. The molecule has 2 aromatic carbocycles. The van der Waals surface area contributed by atoms with Gasteiger partial charge < -0.3 is 24.4 Å². The first kappa shape index (κ1) is 29.3. The first-order valence-corrected chi connectivity index (χ1v) is 13.7.